The van der Waals surface area contributed by atoms with Gasteiger partial charge in [-0.3, -0.25) is 4.79 Å². The molecular weight excluding hydrogens is 434 g/mol. The number of hydrogen-bond acceptors (Lipinski definition) is 6. The number of thiazole rings is 1. The second-order valence-electron chi connectivity index (χ2n) is 7.55. The molecule has 9 heteroatoms. The summed E-state index contributed by atoms with van der Waals surface area (Å²) in [4.78, 5) is 18.8. The maximum absolute atomic E-state index is 12.6. The SMILES string of the molecule is CCCS(=O)(=O)NC1CCN(C(=O)/C=C/c2ccccc2OCc2csc(C)n2)CC1. The lowest BCUT2D eigenvalue weighted by molar-refractivity contribution is -0.126. The van der Waals surface area contributed by atoms with Crippen LogP contribution in [0.25, 0.3) is 6.08 Å². The van der Waals surface area contributed by atoms with Crippen LogP contribution in [-0.4, -0.2) is 49.1 Å². The van der Waals surface area contributed by atoms with Crippen LogP contribution in [0.3, 0.4) is 0 Å². The number of hydrogen-bond donors (Lipinski definition) is 1. The van der Waals surface area contributed by atoms with Crippen molar-refractivity contribution in [3.63, 3.8) is 0 Å². The molecule has 1 aliphatic heterocycles. The molecule has 2 heterocycles. The van der Waals surface area contributed by atoms with Crippen LogP contribution in [0, 0.1) is 6.92 Å². The van der Waals surface area contributed by atoms with Gasteiger partial charge in [-0.2, -0.15) is 0 Å². The molecule has 0 unspecified atom stereocenters. The van der Waals surface area contributed by atoms with Crippen molar-refractivity contribution in [3.8, 4) is 5.75 Å². The molecule has 7 nitrogen and oxygen atoms in total. The maximum Gasteiger partial charge on any atom is 0.246 e. The van der Waals surface area contributed by atoms with Crippen LogP contribution in [-0.2, 0) is 21.4 Å². The molecule has 1 aliphatic rings. The maximum atomic E-state index is 12.6. The lowest BCUT2D eigenvalue weighted by Gasteiger charge is -2.31. The summed E-state index contributed by atoms with van der Waals surface area (Å²) in [7, 11) is -3.23. The summed E-state index contributed by atoms with van der Waals surface area (Å²) in [5.74, 6) is 0.749. The average molecular weight is 464 g/mol. The van der Waals surface area contributed by atoms with E-state index in [0.29, 0.717) is 44.7 Å². The van der Waals surface area contributed by atoms with E-state index in [1.54, 1.807) is 28.4 Å². The summed E-state index contributed by atoms with van der Waals surface area (Å²) in [6.07, 6.45) is 5.15. The molecular formula is C22H29N3O4S2. The van der Waals surface area contributed by atoms with Gasteiger partial charge in [-0.15, -0.1) is 11.3 Å². The number of aryl methyl sites for hydroxylation is 1. The number of carbonyl (C=O) groups excluding carboxylic acids is 1. The molecule has 1 aromatic carbocycles. The molecule has 1 saturated heterocycles. The van der Waals surface area contributed by atoms with Gasteiger partial charge in [0.1, 0.15) is 12.4 Å². The minimum Gasteiger partial charge on any atom is -0.487 e. The van der Waals surface area contributed by atoms with E-state index in [2.05, 4.69) is 9.71 Å². The fourth-order valence-corrected chi connectivity index (χ4v) is 5.44. The number of sulfonamides is 1. The van der Waals surface area contributed by atoms with Crippen LogP contribution >= 0.6 is 11.3 Å². The molecule has 168 valence electrons. The summed E-state index contributed by atoms with van der Waals surface area (Å²) in [5.41, 5.74) is 1.71. The molecule has 2 aromatic rings. The fraction of sp³-hybridized carbons (Fsp3) is 0.455. The normalized spacial score (nSPS) is 15.5. The molecule has 3 rings (SSSR count). The zero-order chi connectivity index (χ0) is 22.3. The fourth-order valence-electron chi connectivity index (χ4n) is 3.44. The van der Waals surface area contributed by atoms with Gasteiger partial charge in [0, 0.05) is 36.2 Å². The predicted octanol–water partition coefficient (Wildman–Crippen LogP) is 3.36. The molecule has 1 N–H and O–H groups in total. The van der Waals surface area contributed by atoms with E-state index in [4.69, 9.17) is 4.74 Å². The highest BCUT2D eigenvalue weighted by Crippen LogP contribution is 2.22. The second-order valence-corrected chi connectivity index (χ2v) is 10.5. The van der Waals surface area contributed by atoms with Crippen LogP contribution in [0.2, 0.25) is 0 Å². The van der Waals surface area contributed by atoms with Gasteiger partial charge in [-0.25, -0.2) is 18.1 Å². The van der Waals surface area contributed by atoms with Gasteiger partial charge in [-0.05, 0) is 38.3 Å². The monoisotopic (exact) mass is 463 g/mol. The number of benzene rings is 1. The molecule has 0 saturated carbocycles. The minimum absolute atomic E-state index is 0.0835. The van der Waals surface area contributed by atoms with E-state index in [-0.39, 0.29) is 17.7 Å². The lowest BCUT2D eigenvalue weighted by atomic mass is 10.1. The third kappa shape index (κ3) is 7.15. The summed E-state index contributed by atoms with van der Waals surface area (Å²) >= 11 is 1.59. The highest BCUT2D eigenvalue weighted by Gasteiger charge is 2.24. The Morgan fingerprint density at radius 1 is 1.32 bits per heavy atom. The van der Waals surface area contributed by atoms with E-state index in [1.807, 2.05) is 43.5 Å². The first-order valence-corrected chi connectivity index (χ1v) is 13.0. The second kappa shape index (κ2) is 10.9. The minimum atomic E-state index is -3.23. The predicted molar refractivity (Wildman–Crippen MR) is 123 cm³/mol. The average Bonchev–Trinajstić information content (AvgIpc) is 3.16. The number of aromatic nitrogens is 1. The molecule has 1 aromatic heterocycles. The Balaban J connectivity index is 1.53. The van der Waals surface area contributed by atoms with E-state index in [9.17, 15) is 13.2 Å². The number of carbonyl (C=O) groups is 1. The quantitative estimate of drug-likeness (QED) is 0.576. The first-order valence-electron chi connectivity index (χ1n) is 10.5. The highest BCUT2D eigenvalue weighted by molar-refractivity contribution is 7.89. The number of nitrogens with one attached hydrogen (secondary N) is 1. The van der Waals surface area contributed by atoms with Crippen molar-refractivity contribution < 1.29 is 17.9 Å². The molecule has 0 radical (unpaired) electrons. The lowest BCUT2D eigenvalue weighted by Crippen LogP contribution is -2.46. The zero-order valence-electron chi connectivity index (χ0n) is 17.9. The molecule has 0 aliphatic carbocycles. The summed E-state index contributed by atoms with van der Waals surface area (Å²) in [5, 5.41) is 2.97. The number of piperidine rings is 1. The van der Waals surface area contributed by atoms with Crippen molar-refractivity contribution in [1.29, 1.82) is 0 Å². The van der Waals surface area contributed by atoms with Crippen LogP contribution in [0.4, 0.5) is 0 Å². The molecule has 0 atom stereocenters. The zero-order valence-corrected chi connectivity index (χ0v) is 19.5. The van der Waals surface area contributed by atoms with Crippen LogP contribution in [0.1, 0.15) is 42.5 Å². The first kappa shape index (κ1) is 23.4. The van der Waals surface area contributed by atoms with Gasteiger partial charge in [0.15, 0.2) is 0 Å². The largest absolute Gasteiger partial charge is 0.487 e. The van der Waals surface area contributed by atoms with Crippen molar-refractivity contribution >= 4 is 33.3 Å². The Labute approximate surface area is 188 Å². The van der Waals surface area contributed by atoms with Crippen molar-refractivity contribution in [3.05, 3.63) is 52.0 Å². The molecule has 1 fully saturated rings. The Morgan fingerprint density at radius 2 is 2.06 bits per heavy atom. The van der Waals surface area contributed by atoms with Crippen molar-refractivity contribution in [2.45, 2.75) is 45.8 Å². The Bertz CT molecular complexity index is 1010. The smallest absolute Gasteiger partial charge is 0.246 e. The third-order valence-electron chi connectivity index (χ3n) is 4.99. The van der Waals surface area contributed by atoms with Crippen molar-refractivity contribution in [2.75, 3.05) is 18.8 Å². The summed E-state index contributed by atoms with van der Waals surface area (Å²) < 4.78 is 32.5. The van der Waals surface area contributed by atoms with Crippen LogP contribution < -0.4 is 9.46 Å². The van der Waals surface area contributed by atoms with Crippen LogP contribution in [0.5, 0.6) is 5.75 Å². The summed E-state index contributed by atoms with van der Waals surface area (Å²) in [6, 6.07) is 7.47. The van der Waals surface area contributed by atoms with Gasteiger partial charge < -0.3 is 9.64 Å². The molecule has 31 heavy (non-hydrogen) atoms. The first-order chi connectivity index (χ1) is 14.9. The number of likely N-dealkylation sites (tertiary alicyclic amines) is 1. The highest BCUT2D eigenvalue weighted by atomic mass is 32.2. The Kier molecular flexibility index (Phi) is 8.22. The standard InChI is InChI=1S/C22H29N3O4S2/c1-3-14-31(27,28)24-19-10-12-25(13-11-19)22(26)9-8-18-6-4-5-7-21(18)29-15-20-16-30-17(2)23-20/h4-9,16,19,24H,3,10-15H2,1-2H3/b9-8+. The van der Waals surface area contributed by atoms with E-state index < -0.39 is 10.0 Å². The summed E-state index contributed by atoms with van der Waals surface area (Å²) in [6.45, 7) is 5.24. The number of para-hydroxylation sites is 1. The molecule has 0 bridgehead atoms. The van der Waals surface area contributed by atoms with E-state index in [0.717, 1.165) is 16.3 Å². The van der Waals surface area contributed by atoms with Gasteiger partial charge >= 0.3 is 0 Å². The number of rotatable bonds is 9. The molecule has 1 amide bonds. The number of ether oxygens (including phenoxy) is 1. The van der Waals surface area contributed by atoms with E-state index >= 15 is 0 Å². The molecule has 0 spiro atoms. The number of amides is 1. The van der Waals surface area contributed by atoms with Gasteiger partial charge in [0.25, 0.3) is 0 Å². The van der Waals surface area contributed by atoms with E-state index in [1.165, 1.54) is 0 Å². The number of nitrogens with zero attached hydrogens (tertiary/aromatic N) is 2. The topological polar surface area (TPSA) is 88.6 Å². The Hall–Kier alpha value is -2.23. The van der Waals surface area contributed by atoms with Gasteiger partial charge in [0.05, 0.1) is 16.5 Å². The van der Waals surface area contributed by atoms with Gasteiger partial charge in [-0.1, -0.05) is 25.1 Å². The third-order valence-corrected chi connectivity index (χ3v) is 7.45. The van der Waals surface area contributed by atoms with Crippen molar-refractivity contribution in [1.82, 2.24) is 14.6 Å². The Morgan fingerprint density at radius 3 is 2.74 bits per heavy atom. The van der Waals surface area contributed by atoms with Crippen molar-refractivity contribution in [2.24, 2.45) is 0 Å². The van der Waals surface area contributed by atoms with Gasteiger partial charge in [0.2, 0.25) is 15.9 Å². The van der Waals surface area contributed by atoms with Crippen LogP contribution in [0.15, 0.2) is 35.7 Å².